The lowest BCUT2D eigenvalue weighted by molar-refractivity contribution is -0.121. The summed E-state index contributed by atoms with van der Waals surface area (Å²) in [6, 6.07) is 0. The van der Waals surface area contributed by atoms with E-state index in [0.29, 0.717) is 45.3 Å². The van der Waals surface area contributed by atoms with Crippen LogP contribution >= 0.6 is 0 Å². The molecule has 0 atom stereocenters. The minimum absolute atomic E-state index is 0.194. The number of allylic oxidation sites excluding steroid dienone is 1. The zero-order valence-corrected chi connectivity index (χ0v) is 23.2. The van der Waals surface area contributed by atoms with E-state index in [4.69, 9.17) is 16.2 Å². The van der Waals surface area contributed by atoms with Crippen molar-refractivity contribution in [3.8, 4) is 0 Å². The Kier molecular flexibility index (Phi) is 15.3. The number of hydrogen-bond donors (Lipinski definition) is 2. The first kappa shape index (κ1) is 32.3. The highest BCUT2D eigenvalue weighted by Crippen LogP contribution is 2.33. The molecule has 11 heteroatoms. The van der Waals surface area contributed by atoms with Gasteiger partial charge in [0, 0.05) is 59.1 Å². The van der Waals surface area contributed by atoms with Crippen LogP contribution in [0.5, 0.6) is 0 Å². The number of piperazine rings is 1. The third-order valence-corrected chi connectivity index (χ3v) is 8.74. The number of carbonyl (C=O) groups is 1. The van der Waals surface area contributed by atoms with Crippen LogP contribution in [0.4, 0.5) is 0 Å². The van der Waals surface area contributed by atoms with Crippen molar-refractivity contribution in [2.24, 2.45) is 16.5 Å². The summed E-state index contributed by atoms with van der Waals surface area (Å²) in [5, 5.41) is 0. The van der Waals surface area contributed by atoms with Crippen LogP contribution in [0.25, 0.3) is 0 Å². The van der Waals surface area contributed by atoms with Gasteiger partial charge in [-0.05, 0) is 26.2 Å². The average Bonchev–Trinajstić information content (AvgIpc) is 2.88. The Hall–Kier alpha value is -1.69. The van der Waals surface area contributed by atoms with Crippen molar-refractivity contribution in [3.63, 3.8) is 0 Å². The molecular weight excluding hydrogens is 456 g/mol. The van der Waals surface area contributed by atoms with Crippen LogP contribution in [-0.4, -0.2) is 98.7 Å². The number of nitrogens with zero attached hydrogens (tertiary/aromatic N) is 4. The molecule has 0 aliphatic carbocycles. The minimum Gasteiger partial charge on any atom is -0.383 e. The van der Waals surface area contributed by atoms with Gasteiger partial charge in [0.05, 0.1) is 6.61 Å². The van der Waals surface area contributed by atoms with Crippen molar-refractivity contribution < 1.29 is 17.9 Å². The van der Waals surface area contributed by atoms with E-state index in [2.05, 4.69) is 9.89 Å². The summed E-state index contributed by atoms with van der Waals surface area (Å²) in [5.41, 5.74) is 12.8. The van der Waals surface area contributed by atoms with Gasteiger partial charge in [0.25, 0.3) is 0 Å². The van der Waals surface area contributed by atoms with E-state index in [1.807, 2.05) is 46.4 Å². The number of aliphatic imine (C=N–C) groups is 1. The van der Waals surface area contributed by atoms with Crippen LogP contribution < -0.4 is 11.5 Å². The van der Waals surface area contributed by atoms with E-state index >= 15 is 0 Å². The Labute approximate surface area is 207 Å². The number of guanidine groups is 1. The summed E-state index contributed by atoms with van der Waals surface area (Å²) in [7, 11) is -2.26. The number of hydrogen-bond acceptors (Lipinski definition) is 6. The molecule has 0 unspecified atom stereocenters. The van der Waals surface area contributed by atoms with E-state index in [9.17, 15) is 13.2 Å². The van der Waals surface area contributed by atoms with Gasteiger partial charge in [-0.1, -0.05) is 40.2 Å². The monoisotopic (exact) mass is 504 g/mol. The van der Waals surface area contributed by atoms with Gasteiger partial charge in [-0.25, -0.2) is 13.4 Å². The number of methoxy groups -OCH3 is 1. The first-order valence-electron chi connectivity index (χ1n) is 12.4. The van der Waals surface area contributed by atoms with Gasteiger partial charge in [-0.2, -0.15) is 4.31 Å². The van der Waals surface area contributed by atoms with Crippen LogP contribution in [0.3, 0.4) is 0 Å². The Balaban J connectivity index is 0.00000258. The zero-order chi connectivity index (χ0) is 26.4. The molecule has 0 aromatic carbocycles. The summed E-state index contributed by atoms with van der Waals surface area (Å²) < 4.78 is 31.8. The quantitative estimate of drug-likeness (QED) is 0.378. The summed E-state index contributed by atoms with van der Waals surface area (Å²) in [5.74, 6) is -0.395. The number of ether oxygens (including phenoxy) is 1. The highest BCUT2D eigenvalue weighted by molar-refractivity contribution is 7.91. The molecule has 2 aliphatic heterocycles. The number of amides is 1. The average molecular weight is 505 g/mol. The van der Waals surface area contributed by atoms with Gasteiger partial charge in [-0.15, -0.1) is 0 Å². The Bertz CT molecular complexity index is 753. The first-order chi connectivity index (χ1) is 16.2. The highest BCUT2D eigenvalue weighted by Gasteiger charge is 2.53. The number of primary amides is 1. The maximum atomic E-state index is 13.4. The van der Waals surface area contributed by atoms with Gasteiger partial charge in [0.2, 0.25) is 15.9 Å². The second kappa shape index (κ2) is 16.1. The van der Waals surface area contributed by atoms with Gasteiger partial charge in [0.1, 0.15) is 0 Å². The smallest absolute Gasteiger partial charge is 0.240 e. The van der Waals surface area contributed by atoms with Crippen LogP contribution in [0.2, 0.25) is 0 Å². The summed E-state index contributed by atoms with van der Waals surface area (Å²) in [6.07, 6.45) is 3.01. The van der Waals surface area contributed by atoms with Crippen molar-refractivity contribution in [2.45, 2.75) is 65.6 Å². The zero-order valence-electron chi connectivity index (χ0n) is 22.3. The highest BCUT2D eigenvalue weighted by atomic mass is 32.2. The van der Waals surface area contributed by atoms with E-state index in [-0.39, 0.29) is 25.9 Å². The molecule has 0 bridgehead atoms. The van der Waals surface area contributed by atoms with E-state index in [1.54, 1.807) is 13.3 Å². The number of piperidine rings is 1. The molecule has 2 aliphatic rings. The summed E-state index contributed by atoms with van der Waals surface area (Å²) in [4.78, 5) is 20.6. The maximum Gasteiger partial charge on any atom is 0.240 e. The fraction of sp³-hybridized carbons (Fsp3) is 0.826. The SMILES string of the molecule is CC.CC.CC/C(C)=C/N=C(N)N1CCN(S(=O)(=O)C2(C(N)=O)CCN(CCOC)CC2)CC1. The molecule has 0 aromatic rings. The van der Waals surface area contributed by atoms with Crippen molar-refractivity contribution in [1.29, 1.82) is 0 Å². The van der Waals surface area contributed by atoms with Crippen LogP contribution in [-0.2, 0) is 19.6 Å². The first-order valence-corrected chi connectivity index (χ1v) is 13.9. The third kappa shape index (κ3) is 8.21. The predicted molar refractivity (Wildman–Crippen MR) is 140 cm³/mol. The molecule has 0 spiro atoms. The van der Waals surface area contributed by atoms with Gasteiger partial charge in [-0.3, -0.25) is 4.79 Å². The lowest BCUT2D eigenvalue weighted by atomic mass is 9.95. The number of sulfonamides is 1. The van der Waals surface area contributed by atoms with E-state index in [0.717, 1.165) is 12.0 Å². The molecule has 0 aromatic heterocycles. The normalized spacial score (nSPS) is 20.0. The molecule has 10 nitrogen and oxygen atoms in total. The van der Waals surface area contributed by atoms with E-state index in [1.165, 1.54) is 4.31 Å². The van der Waals surface area contributed by atoms with Crippen LogP contribution in [0.15, 0.2) is 16.8 Å². The summed E-state index contributed by atoms with van der Waals surface area (Å²) >= 11 is 0. The minimum atomic E-state index is -3.89. The van der Waals surface area contributed by atoms with Crippen molar-refractivity contribution in [2.75, 3.05) is 59.5 Å². The molecular formula is C23H48N6O4S. The molecule has 4 N–H and O–H groups in total. The molecule has 2 rings (SSSR count). The topological polar surface area (TPSA) is 135 Å². The maximum absolute atomic E-state index is 13.4. The fourth-order valence-electron chi connectivity index (χ4n) is 3.74. The number of nitrogens with two attached hydrogens (primary N) is 2. The van der Waals surface area contributed by atoms with Crippen molar-refractivity contribution in [3.05, 3.63) is 11.8 Å². The lowest BCUT2D eigenvalue weighted by Gasteiger charge is -2.43. The van der Waals surface area contributed by atoms with Crippen molar-refractivity contribution in [1.82, 2.24) is 14.1 Å². The van der Waals surface area contributed by atoms with Crippen LogP contribution in [0.1, 0.15) is 60.8 Å². The number of rotatable bonds is 8. The molecule has 0 saturated carbocycles. The molecule has 34 heavy (non-hydrogen) atoms. The van der Waals surface area contributed by atoms with Gasteiger partial charge < -0.3 is 26.0 Å². The standard InChI is InChI=1S/C19H36N6O4S.2C2H6/c1-4-16(2)15-22-18(21)24-9-11-25(12-10-24)30(27,28)19(17(20)26)5-7-23(8-6-19)13-14-29-3;2*1-2/h15H,4-14H2,1-3H3,(H2,20,26)(H2,21,22);2*1-2H3/b16-15+;;. The summed E-state index contributed by atoms with van der Waals surface area (Å²) in [6.45, 7) is 15.6. The Morgan fingerprint density at radius 2 is 1.56 bits per heavy atom. The lowest BCUT2D eigenvalue weighted by Crippen LogP contribution is -2.63. The van der Waals surface area contributed by atoms with Gasteiger partial charge in [0.15, 0.2) is 10.7 Å². The Morgan fingerprint density at radius 1 is 1.03 bits per heavy atom. The molecule has 200 valence electrons. The molecule has 2 saturated heterocycles. The molecule has 2 heterocycles. The van der Waals surface area contributed by atoms with Gasteiger partial charge >= 0.3 is 0 Å². The van der Waals surface area contributed by atoms with E-state index < -0.39 is 20.7 Å². The molecule has 2 fully saturated rings. The number of carbonyl (C=O) groups excluding carboxylic acids is 1. The van der Waals surface area contributed by atoms with Crippen LogP contribution in [0, 0.1) is 0 Å². The Morgan fingerprint density at radius 3 is 2.00 bits per heavy atom. The fourth-order valence-corrected chi connectivity index (χ4v) is 5.83. The second-order valence-electron chi connectivity index (χ2n) is 7.90. The largest absolute Gasteiger partial charge is 0.383 e. The molecule has 1 amide bonds. The third-order valence-electron chi connectivity index (χ3n) is 6.10. The number of likely N-dealkylation sites (tertiary alicyclic amines) is 1. The predicted octanol–water partition coefficient (Wildman–Crippen LogP) is 1.58. The van der Waals surface area contributed by atoms with Crippen molar-refractivity contribution >= 4 is 21.9 Å². The second-order valence-corrected chi connectivity index (χ2v) is 10.1. The molecule has 0 radical (unpaired) electrons.